The fraction of sp³-hybridized carbons (Fsp3) is 0.300. The SMILES string of the molecule is COc1cc(Cl)nc(NS(=O)(=O)c2c(C)noc2C)n1. The molecule has 0 aliphatic heterocycles. The van der Waals surface area contributed by atoms with Crippen LogP contribution in [-0.2, 0) is 10.0 Å². The van der Waals surface area contributed by atoms with Gasteiger partial charge in [0, 0.05) is 6.07 Å². The largest absolute Gasteiger partial charge is 0.481 e. The Bertz CT molecular complexity index is 724. The van der Waals surface area contributed by atoms with E-state index in [9.17, 15) is 8.42 Å². The average molecular weight is 319 g/mol. The molecule has 0 bridgehead atoms. The van der Waals surface area contributed by atoms with Gasteiger partial charge in [-0.05, 0) is 13.8 Å². The summed E-state index contributed by atoms with van der Waals surface area (Å²) in [5, 5.41) is 3.64. The summed E-state index contributed by atoms with van der Waals surface area (Å²) in [4.78, 5) is 7.56. The zero-order valence-corrected chi connectivity index (χ0v) is 12.4. The molecule has 1 N–H and O–H groups in total. The molecule has 2 aromatic heterocycles. The summed E-state index contributed by atoms with van der Waals surface area (Å²) in [5.41, 5.74) is 0.240. The van der Waals surface area contributed by atoms with Crippen molar-refractivity contribution in [1.29, 1.82) is 0 Å². The summed E-state index contributed by atoms with van der Waals surface area (Å²) in [5.74, 6) is 0.111. The molecule has 0 amide bonds. The Morgan fingerprint density at radius 1 is 1.35 bits per heavy atom. The van der Waals surface area contributed by atoms with Crippen molar-refractivity contribution in [3.63, 3.8) is 0 Å². The molecule has 8 nitrogen and oxygen atoms in total. The molecular formula is C10H11ClN4O4S. The lowest BCUT2D eigenvalue weighted by Gasteiger charge is -2.07. The topological polar surface area (TPSA) is 107 Å². The fourth-order valence-electron chi connectivity index (χ4n) is 1.58. The van der Waals surface area contributed by atoms with E-state index >= 15 is 0 Å². The van der Waals surface area contributed by atoms with Gasteiger partial charge in [0.2, 0.25) is 11.8 Å². The maximum absolute atomic E-state index is 12.2. The van der Waals surface area contributed by atoms with E-state index in [-0.39, 0.29) is 33.3 Å². The van der Waals surface area contributed by atoms with Crippen LogP contribution in [0.4, 0.5) is 5.95 Å². The standard InChI is InChI=1S/C10H11ClN4O4S/c1-5-9(6(2)19-14-5)20(16,17)15-10-12-7(11)4-8(13-10)18-3/h4H,1-3H3,(H,12,13,15). The highest BCUT2D eigenvalue weighted by Crippen LogP contribution is 2.22. The van der Waals surface area contributed by atoms with E-state index in [1.54, 1.807) is 0 Å². The molecule has 0 aliphatic carbocycles. The van der Waals surface area contributed by atoms with Crippen LogP contribution < -0.4 is 9.46 Å². The van der Waals surface area contributed by atoms with Crippen molar-refractivity contribution < 1.29 is 17.7 Å². The molecule has 0 saturated heterocycles. The van der Waals surface area contributed by atoms with Gasteiger partial charge in [-0.3, -0.25) is 0 Å². The molecule has 0 aliphatic rings. The Morgan fingerprint density at radius 3 is 2.60 bits per heavy atom. The van der Waals surface area contributed by atoms with Crippen LogP contribution in [0, 0.1) is 13.8 Å². The molecule has 0 unspecified atom stereocenters. The van der Waals surface area contributed by atoms with Crippen LogP contribution in [0.3, 0.4) is 0 Å². The molecule has 20 heavy (non-hydrogen) atoms. The minimum Gasteiger partial charge on any atom is -0.481 e. The number of nitrogens with one attached hydrogen (secondary N) is 1. The third kappa shape index (κ3) is 2.83. The van der Waals surface area contributed by atoms with Crippen molar-refractivity contribution >= 4 is 27.6 Å². The van der Waals surface area contributed by atoms with Gasteiger partial charge in [0.15, 0.2) is 10.7 Å². The Kier molecular flexibility index (Phi) is 3.82. The zero-order valence-electron chi connectivity index (χ0n) is 10.8. The van der Waals surface area contributed by atoms with Crippen LogP contribution in [0.2, 0.25) is 5.15 Å². The Balaban J connectivity index is 2.41. The number of sulfonamides is 1. The van der Waals surface area contributed by atoms with Crippen molar-refractivity contribution in [3.8, 4) is 5.88 Å². The number of hydrogen-bond donors (Lipinski definition) is 1. The smallest absolute Gasteiger partial charge is 0.269 e. The first-order chi connectivity index (χ1) is 9.33. The molecule has 2 rings (SSSR count). The van der Waals surface area contributed by atoms with Crippen molar-refractivity contribution in [1.82, 2.24) is 15.1 Å². The number of nitrogens with zero attached hydrogens (tertiary/aromatic N) is 3. The Hall–Kier alpha value is -1.87. The lowest BCUT2D eigenvalue weighted by molar-refractivity contribution is 0.390. The average Bonchev–Trinajstić information content (AvgIpc) is 2.68. The van der Waals surface area contributed by atoms with Crippen LogP contribution >= 0.6 is 11.6 Å². The summed E-state index contributed by atoms with van der Waals surface area (Å²) < 4.78 is 36.4. The molecule has 0 fully saturated rings. The van der Waals surface area contributed by atoms with E-state index < -0.39 is 10.0 Å². The number of anilines is 1. The van der Waals surface area contributed by atoms with E-state index in [2.05, 4.69) is 19.8 Å². The third-order valence-corrected chi connectivity index (χ3v) is 4.11. The minimum absolute atomic E-state index is 0.0494. The van der Waals surface area contributed by atoms with Crippen LogP contribution in [0.15, 0.2) is 15.5 Å². The highest BCUT2D eigenvalue weighted by atomic mass is 35.5. The van der Waals surface area contributed by atoms with Gasteiger partial charge in [-0.1, -0.05) is 16.8 Å². The number of rotatable bonds is 4. The highest BCUT2D eigenvalue weighted by molar-refractivity contribution is 7.92. The molecule has 0 saturated carbocycles. The van der Waals surface area contributed by atoms with Crippen molar-refractivity contribution in [3.05, 3.63) is 22.7 Å². The molecule has 108 valence electrons. The van der Waals surface area contributed by atoms with Gasteiger partial charge >= 0.3 is 0 Å². The number of ether oxygens (including phenoxy) is 1. The first-order valence-electron chi connectivity index (χ1n) is 5.38. The van der Waals surface area contributed by atoms with E-state index in [1.165, 1.54) is 27.0 Å². The predicted molar refractivity (Wildman–Crippen MR) is 70.4 cm³/mol. The molecule has 0 radical (unpaired) electrons. The van der Waals surface area contributed by atoms with Gasteiger partial charge in [0.1, 0.15) is 10.8 Å². The summed E-state index contributed by atoms with van der Waals surface area (Å²) >= 11 is 5.75. The fourth-order valence-corrected chi connectivity index (χ4v) is 3.03. The predicted octanol–water partition coefficient (Wildman–Crippen LogP) is 1.54. The second kappa shape index (κ2) is 5.25. The van der Waals surface area contributed by atoms with E-state index in [0.717, 1.165) is 0 Å². The van der Waals surface area contributed by atoms with E-state index in [1.807, 2.05) is 0 Å². The summed E-state index contributed by atoms with van der Waals surface area (Å²) in [7, 11) is -2.54. The van der Waals surface area contributed by atoms with Crippen molar-refractivity contribution in [2.45, 2.75) is 18.7 Å². The maximum Gasteiger partial charge on any atom is 0.269 e. The first-order valence-corrected chi connectivity index (χ1v) is 7.24. The van der Waals surface area contributed by atoms with Crippen LogP contribution in [0.5, 0.6) is 5.88 Å². The van der Waals surface area contributed by atoms with Gasteiger partial charge in [-0.2, -0.15) is 4.98 Å². The molecule has 2 aromatic rings. The molecule has 0 spiro atoms. The van der Waals surface area contributed by atoms with Crippen LogP contribution in [-0.4, -0.2) is 30.7 Å². The molecular weight excluding hydrogens is 308 g/mol. The molecule has 10 heteroatoms. The number of aryl methyl sites for hydroxylation is 2. The van der Waals surface area contributed by atoms with Gasteiger partial charge in [-0.25, -0.2) is 18.1 Å². The van der Waals surface area contributed by atoms with Crippen LogP contribution in [0.25, 0.3) is 0 Å². The number of halogens is 1. The van der Waals surface area contributed by atoms with Crippen molar-refractivity contribution in [2.24, 2.45) is 0 Å². The Morgan fingerprint density at radius 2 is 2.05 bits per heavy atom. The van der Waals surface area contributed by atoms with Gasteiger partial charge in [-0.15, -0.1) is 0 Å². The minimum atomic E-state index is -3.92. The van der Waals surface area contributed by atoms with Crippen molar-refractivity contribution in [2.75, 3.05) is 11.8 Å². The van der Waals surface area contributed by atoms with Gasteiger partial charge < -0.3 is 9.26 Å². The normalized spacial score (nSPS) is 11.4. The second-order valence-electron chi connectivity index (χ2n) is 3.82. The lowest BCUT2D eigenvalue weighted by atomic mass is 10.4. The summed E-state index contributed by atoms with van der Waals surface area (Å²) in [6.45, 7) is 3.01. The monoisotopic (exact) mass is 318 g/mol. The summed E-state index contributed by atoms with van der Waals surface area (Å²) in [6, 6.07) is 1.36. The van der Waals surface area contributed by atoms with Crippen LogP contribution in [0.1, 0.15) is 11.5 Å². The second-order valence-corrected chi connectivity index (χ2v) is 5.82. The van der Waals surface area contributed by atoms with E-state index in [4.69, 9.17) is 20.9 Å². The summed E-state index contributed by atoms with van der Waals surface area (Å²) in [6.07, 6.45) is 0. The van der Waals surface area contributed by atoms with E-state index in [0.29, 0.717) is 0 Å². The highest BCUT2D eigenvalue weighted by Gasteiger charge is 2.25. The number of hydrogen-bond acceptors (Lipinski definition) is 7. The van der Waals surface area contributed by atoms with Gasteiger partial charge in [0.25, 0.3) is 10.0 Å². The zero-order chi connectivity index (χ0) is 14.9. The Labute approximate surface area is 120 Å². The molecule has 0 aromatic carbocycles. The number of methoxy groups -OCH3 is 1. The first kappa shape index (κ1) is 14.5. The maximum atomic E-state index is 12.2. The molecule has 2 heterocycles. The lowest BCUT2D eigenvalue weighted by Crippen LogP contribution is -2.16. The number of aromatic nitrogens is 3. The third-order valence-electron chi connectivity index (χ3n) is 2.34. The molecule has 0 atom stereocenters. The van der Waals surface area contributed by atoms with Gasteiger partial charge in [0.05, 0.1) is 7.11 Å². The quantitative estimate of drug-likeness (QED) is 0.852.